The Labute approximate surface area is 98.5 Å². The lowest BCUT2D eigenvalue weighted by molar-refractivity contribution is -0.396. The lowest BCUT2D eigenvalue weighted by atomic mass is 9.88. The topological polar surface area (TPSA) is 74.3 Å². The number of esters is 2. The molecule has 2 aliphatic rings. The highest BCUT2D eigenvalue weighted by molar-refractivity contribution is 5.83. The van der Waals surface area contributed by atoms with E-state index in [4.69, 9.17) is 14.4 Å². The number of nitrogens with zero attached hydrogens (tertiary/aromatic N) is 1. The minimum atomic E-state index is -1.02. The van der Waals surface area contributed by atoms with E-state index in [-0.39, 0.29) is 6.42 Å². The number of fused-ring (bicyclic) bond motifs is 1. The molecule has 7 nitrogen and oxygen atoms in total. The molecule has 2 atom stereocenters. The second-order valence-corrected chi connectivity index (χ2v) is 4.04. The summed E-state index contributed by atoms with van der Waals surface area (Å²) in [6, 6.07) is 0. The van der Waals surface area contributed by atoms with Gasteiger partial charge in [0.1, 0.15) is 0 Å². The van der Waals surface area contributed by atoms with E-state index in [0.29, 0.717) is 19.4 Å². The van der Waals surface area contributed by atoms with E-state index in [1.807, 2.05) is 0 Å². The molecule has 0 bridgehead atoms. The van der Waals surface area contributed by atoms with E-state index in [9.17, 15) is 9.59 Å². The van der Waals surface area contributed by atoms with Gasteiger partial charge in [-0.15, -0.1) is 0 Å². The standard InChI is InChI=1S/C10H15NO6/c1-14-8(12)7-6-10(9(13)15-2)4-3-5-16-11(10)17-7/h7H,3-6H2,1-2H3/t7?,10-/m1/s1. The van der Waals surface area contributed by atoms with Crippen molar-refractivity contribution < 1.29 is 28.7 Å². The van der Waals surface area contributed by atoms with Crippen LogP contribution < -0.4 is 0 Å². The predicted molar refractivity (Wildman–Crippen MR) is 53.3 cm³/mol. The number of methoxy groups -OCH3 is 2. The highest BCUT2D eigenvalue weighted by atomic mass is 17.0. The van der Waals surface area contributed by atoms with Gasteiger partial charge in [0.2, 0.25) is 0 Å². The molecule has 0 aliphatic carbocycles. The van der Waals surface area contributed by atoms with Crippen LogP contribution >= 0.6 is 0 Å². The Morgan fingerprint density at radius 1 is 1.35 bits per heavy atom. The number of hydrogen-bond acceptors (Lipinski definition) is 7. The van der Waals surface area contributed by atoms with Gasteiger partial charge in [-0.3, -0.25) is 9.68 Å². The molecule has 0 aromatic rings. The van der Waals surface area contributed by atoms with Gasteiger partial charge in [-0.2, -0.15) is 0 Å². The largest absolute Gasteiger partial charge is 0.467 e. The lowest BCUT2D eigenvalue weighted by Gasteiger charge is -2.35. The zero-order chi connectivity index (χ0) is 12.5. The maximum atomic E-state index is 11.9. The third-order valence-electron chi connectivity index (χ3n) is 3.07. The van der Waals surface area contributed by atoms with E-state index in [0.717, 1.165) is 5.23 Å². The lowest BCUT2D eigenvalue weighted by Crippen LogP contribution is -2.53. The second kappa shape index (κ2) is 4.59. The Morgan fingerprint density at radius 2 is 2.12 bits per heavy atom. The van der Waals surface area contributed by atoms with E-state index in [2.05, 4.69) is 4.74 Å². The van der Waals surface area contributed by atoms with E-state index in [1.54, 1.807) is 0 Å². The number of hydrogen-bond donors (Lipinski definition) is 0. The predicted octanol–water partition coefficient (Wildman–Crippen LogP) is -0.198. The molecular weight excluding hydrogens is 230 g/mol. The van der Waals surface area contributed by atoms with Gasteiger partial charge in [0.15, 0.2) is 11.6 Å². The van der Waals surface area contributed by atoms with Crippen molar-refractivity contribution in [3.05, 3.63) is 0 Å². The Bertz CT molecular complexity index is 333. The summed E-state index contributed by atoms with van der Waals surface area (Å²) in [6.07, 6.45) is 0.611. The van der Waals surface area contributed by atoms with Crippen molar-refractivity contribution in [2.24, 2.45) is 0 Å². The summed E-state index contributed by atoms with van der Waals surface area (Å²) in [5.41, 5.74) is -1.02. The molecule has 2 saturated heterocycles. The maximum Gasteiger partial charge on any atom is 0.337 e. The van der Waals surface area contributed by atoms with Crippen LogP contribution in [-0.2, 0) is 28.7 Å². The van der Waals surface area contributed by atoms with Crippen LogP contribution in [0.1, 0.15) is 19.3 Å². The molecule has 2 fully saturated rings. The molecule has 96 valence electrons. The highest BCUT2D eigenvalue weighted by Gasteiger charge is 2.58. The zero-order valence-corrected chi connectivity index (χ0v) is 9.80. The first-order chi connectivity index (χ1) is 8.14. The Hall–Kier alpha value is -1.18. The third-order valence-corrected chi connectivity index (χ3v) is 3.07. The summed E-state index contributed by atoms with van der Waals surface area (Å²) in [5.74, 6) is -0.977. The second-order valence-electron chi connectivity index (χ2n) is 4.04. The summed E-state index contributed by atoms with van der Waals surface area (Å²) in [6.45, 7) is 0.451. The summed E-state index contributed by atoms with van der Waals surface area (Å²) >= 11 is 0. The van der Waals surface area contributed by atoms with Crippen molar-refractivity contribution in [3.8, 4) is 0 Å². The van der Waals surface area contributed by atoms with Gasteiger partial charge in [0, 0.05) is 6.42 Å². The van der Waals surface area contributed by atoms with Crippen LogP contribution in [0.3, 0.4) is 0 Å². The number of ether oxygens (including phenoxy) is 2. The van der Waals surface area contributed by atoms with Gasteiger partial charge in [-0.1, -0.05) is 0 Å². The van der Waals surface area contributed by atoms with Crippen LogP contribution in [-0.4, -0.2) is 49.6 Å². The van der Waals surface area contributed by atoms with Crippen LogP contribution in [0.15, 0.2) is 0 Å². The van der Waals surface area contributed by atoms with Gasteiger partial charge >= 0.3 is 11.9 Å². The van der Waals surface area contributed by atoms with E-state index >= 15 is 0 Å². The first-order valence-electron chi connectivity index (χ1n) is 5.40. The summed E-state index contributed by atoms with van der Waals surface area (Å²) in [4.78, 5) is 33.8. The molecular formula is C10H15NO6. The van der Waals surface area contributed by atoms with Crippen molar-refractivity contribution in [3.63, 3.8) is 0 Å². The van der Waals surface area contributed by atoms with Crippen LogP contribution in [0.4, 0.5) is 0 Å². The quantitative estimate of drug-likeness (QED) is 0.624. The Morgan fingerprint density at radius 3 is 2.76 bits per heavy atom. The monoisotopic (exact) mass is 245 g/mol. The van der Waals surface area contributed by atoms with Crippen LogP contribution in [0, 0.1) is 0 Å². The minimum absolute atomic E-state index is 0.187. The molecule has 2 heterocycles. The zero-order valence-electron chi connectivity index (χ0n) is 9.80. The fraction of sp³-hybridized carbons (Fsp3) is 0.800. The van der Waals surface area contributed by atoms with Crippen molar-refractivity contribution in [1.82, 2.24) is 5.23 Å². The van der Waals surface area contributed by atoms with Crippen molar-refractivity contribution in [1.29, 1.82) is 0 Å². The smallest absolute Gasteiger partial charge is 0.337 e. The molecule has 0 spiro atoms. The number of hydroxylamine groups is 2. The Kier molecular flexibility index (Phi) is 3.32. The fourth-order valence-corrected chi connectivity index (χ4v) is 2.20. The van der Waals surface area contributed by atoms with Gasteiger partial charge < -0.3 is 9.47 Å². The normalized spacial score (nSPS) is 32.9. The average molecular weight is 245 g/mol. The molecule has 0 radical (unpaired) electrons. The fourth-order valence-electron chi connectivity index (χ4n) is 2.20. The van der Waals surface area contributed by atoms with Crippen molar-refractivity contribution in [2.75, 3.05) is 20.8 Å². The highest BCUT2D eigenvalue weighted by Crippen LogP contribution is 2.39. The van der Waals surface area contributed by atoms with Gasteiger partial charge in [0.25, 0.3) is 0 Å². The Balaban J connectivity index is 2.21. The SMILES string of the molecule is COC(=O)C1C[C@@]2(C(=O)OC)CCCON2O1. The minimum Gasteiger partial charge on any atom is -0.467 e. The molecule has 17 heavy (non-hydrogen) atoms. The first kappa shape index (κ1) is 12.3. The molecule has 0 amide bonds. The molecule has 2 aliphatic heterocycles. The molecule has 0 N–H and O–H groups in total. The van der Waals surface area contributed by atoms with Crippen LogP contribution in [0.25, 0.3) is 0 Å². The third kappa shape index (κ3) is 1.90. The maximum absolute atomic E-state index is 11.9. The number of rotatable bonds is 2. The summed E-state index contributed by atoms with van der Waals surface area (Å²) in [5, 5.41) is 1.10. The number of carbonyl (C=O) groups is 2. The molecule has 0 saturated carbocycles. The van der Waals surface area contributed by atoms with Crippen molar-refractivity contribution >= 4 is 11.9 Å². The summed E-state index contributed by atoms with van der Waals surface area (Å²) < 4.78 is 9.36. The van der Waals surface area contributed by atoms with Gasteiger partial charge in [-0.25, -0.2) is 9.59 Å². The molecule has 2 rings (SSSR count). The van der Waals surface area contributed by atoms with E-state index in [1.165, 1.54) is 14.2 Å². The van der Waals surface area contributed by atoms with Gasteiger partial charge in [0.05, 0.1) is 20.8 Å². The first-order valence-corrected chi connectivity index (χ1v) is 5.40. The van der Waals surface area contributed by atoms with Crippen LogP contribution in [0.5, 0.6) is 0 Å². The summed E-state index contributed by atoms with van der Waals surface area (Å²) in [7, 11) is 2.57. The molecule has 0 aromatic heterocycles. The molecule has 7 heteroatoms. The molecule has 1 unspecified atom stereocenters. The average Bonchev–Trinajstić information content (AvgIpc) is 2.77. The molecule has 0 aromatic carbocycles. The number of carbonyl (C=O) groups excluding carboxylic acids is 2. The van der Waals surface area contributed by atoms with Crippen molar-refractivity contribution in [2.45, 2.75) is 30.9 Å². The van der Waals surface area contributed by atoms with E-state index < -0.39 is 23.6 Å². The van der Waals surface area contributed by atoms with Crippen LogP contribution in [0.2, 0.25) is 0 Å². The van der Waals surface area contributed by atoms with Gasteiger partial charge in [-0.05, 0) is 18.1 Å².